The Kier molecular flexibility index (Phi) is 4.10. The van der Waals surface area contributed by atoms with Crippen molar-refractivity contribution < 1.29 is 4.79 Å². The van der Waals surface area contributed by atoms with Crippen LogP contribution in [0.1, 0.15) is 34.1 Å². The third-order valence-electron chi connectivity index (χ3n) is 2.14. The zero-order valence-corrected chi connectivity index (χ0v) is 10.5. The van der Waals surface area contributed by atoms with Gasteiger partial charge in [0.15, 0.2) is 0 Å². The third kappa shape index (κ3) is 4.96. The fraction of sp³-hybridized carbons (Fsp3) is 0.667. The fourth-order valence-corrected chi connectivity index (χ4v) is 1.56. The summed E-state index contributed by atoms with van der Waals surface area (Å²) in [5.74, 6) is 0.111. The first-order valence-electron chi connectivity index (χ1n) is 5.62. The van der Waals surface area contributed by atoms with Crippen molar-refractivity contribution >= 4 is 5.91 Å². The zero-order valence-electron chi connectivity index (χ0n) is 10.5. The van der Waals surface area contributed by atoms with E-state index in [0.29, 0.717) is 6.42 Å². The van der Waals surface area contributed by atoms with Crippen molar-refractivity contribution in [3.05, 3.63) is 18.7 Å². The number of carbonyl (C=O) groups excluding carboxylic acids is 1. The molecule has 0 unspecified atom stereocenters. The summed E-state index contributed by atoms with van der Waals surface area (Å²) in [6.07, 6.45) is 5.95. The van der Waals surface area contributed by atoms with E-state index < -0.39 is 0 Å². The van der Waals surface area contributed by atoms with Gasteiger partial charge in [-0.05, 0) is 12.3 Å². The second kappa shape index (κ2) is 5.14. The van der Waals surface area contributed by atoms with Crippen molar-refractivity contribution in [3.63, 3.8) is 0 Å². The molecule has 0 saturated carbocycles. The molecule has 1 atom stereocenters. The molecular weight excluding hydrogens is 202 g/mol. The minimum absolute atomic E-state index is 0.0405. The molecule has 1 aromatic heterocycles. The number of aromatic nitrogens is 2. The highest BCUT2D eigenvalue weighted by Gasteiger charge is 2.17. The van der Waals surface area contributed by atoms with Crippen molar-refractivity contribution in [3.8, 4) is 0 Å². The van der Waals surface area contributed by atoms with Gasteiger partial charge in [0, 0.05) is 31.4 Å². The Hall–Kier alpha value is -1.32. The minimum atomic E-state index is 0.0405. The average molecular weight is 223 g/mol. The summed E-state index contributed by atoms with van der Waals surface area (Å²) in [7, 11) is 0. The Labute approximate surface area is 97.1 Å². The van der Waals surface area contributed by atoms with Gasteiger partial charge in [-0.1, -0.05) is 20.8 Å². The quantitative estimate of drug-likeness (QED) is 0.846. The number of rotatable bonds is 4. The van der Waals surface area contributed by atoms with Crippen molar-refractivity contribution in [2.24, 2.45) is 5.41 Å². The Morgan fingerprint density at radius 3 is 2.69 bits per heavy atom. The molecule has 1 aromatic rings. The van der Waals surface area contributed by atoms with Crippen molar-refractivity contribution in [1.82, 2.24) is 14.9 Å². The van der Waals surface area contributed by atoms with E-state index in [1.54, 1.807) is 12.5 Å². The van der Waals surface area contributed by atoms with E-state index in [1.165, 1.54) is 0 Å². The number of amides is 1. The first-order valence-corrected chi connectivity index (χ1v) is 5.62. The molecule has 1 heterocycles. The van der Waals surface area contributed by atoms with Gasteiger partial charge < -0.3 is 9.88 Å². The Balaban J connectivity index is 2.34. The molecule has 4 heteroatoms. The standard InChI is InChI=1S/C12H21N3O/c1-10(8-15-6-5-13-9-15)14-11(16)7-12(2,3)4/h5-6,9-10H,7-8H2,1-4H3,(H,14,16)/t10-/m0/s1. The van der Waals surface area contributed by atoms with Crippen LogP contribution in [0.2, 0.25) is 0 Å². The summed E-state index contributed by atoms with van der Waals surface area (Å²) in [6, 6.07) is 0.129. The van der Waals surface area contributed by atoms with Crippen LogP contribution in [0.5, 0.6) is 0 Å². The maximum atomic E-state index is 11.7. The maximum Gasteiger partial charge on any atom is 0.220 e. The molecule has 0 bridgehead atoms. The second-order valence-corrected chi connectivity index (χ2v) is 5.47. The van der Waals surface area contributed by atoms with Crippen molar-refractivity contribution in [1.29, 1.82) is 0 Å². The Morgan fingerprint density at radius 1 is 1.50 bits per heavy atom. The highest BCUT2D eigenvalue weighted by atomic mass is 16.1. The SMILES string of the molecule is C[C@@H](Cn1ccnc1)NC(=O)CC(C)(C)C. The van der Waals surface area contributed by atoms with Gasteiger partial charge in [0.05, 0.1) is 6.33 Å². The molecule has 16 heavy (non-hydrogen) atoms. The molecule has 1 N–H and O–H groups in total. The number of hydrogen-bond donors (Lipinski definition) is 1. The van der Waals surface area contributed by atoms with E-state index in [9.17, 15) is 4.79 Å². The molecule has 1 rings (SSSR count). The summed E-state index contributed by atoms with van der Waals surface area (Å²) in [5.41, 5.74) is 0.0405. The molecular formula is C12H21N3O. The molecule has 90 valence electrons. The molecule has 0 radical (unpaired) electrons. The van der Waals surface area contributed by atoms with Gasteiger partial charge >= 0.3 is 0 Å². The molecule has 0 aromatic carbocycles. The zero-order chi connectivity index (χ0) is 12.2. The molecule has 0 aliphatic carbocycles. The van der Waals surface area contributed by atoms with Crippen LogP contribution in [0.15, 0.2) is 18.7 Å². The number of nitrogens with zero attached hydrogens (tertiary/aromatic N) is 2. The molecule has 4 nitrogen and oxygen atoms in total. The van der Waals surface area contributed by atoms with Crippen LogP contribution in [0, 0.1) is 5.41 Å². The van der Waals surface area contributed by atoms with Gasteiger partial charge in [0.25, 0.3) is 0 Å². The molecule has 0 spiro atoms. The second-order valence-electron chi connectivity index (χ2n) is 5.47. The third-order valence-corrected chi connectivity index (χ3v) is 2.14. The van der Waals surface area contributed by atoms with E-state index >= 15 is 0 Å². The van der Waals surface area contributed by atoms with E-state index in [4.69, 9.17) is 0 Å². The molecule has 0 aliphatic rings. The van der Waals surface area contributed by atoms with Crippen molar-refractivity contribution in [2.45, 2.75) is 46.7 Å². The van der Waals surface area contributed by atoms with E-state index in [0.717, 1.165) is 6.54 Å². The minimum Gasteiger partial charge on any atom is -0.352 e. The highest BCUT2D eigenvalue weighted by Crippen LogP contribution is 2.17. The first-order chi connectivity index (χ1) is 7.37. The van der Waals surface area contributed by atoms with Crippen LogP contribution in [0.4, 0.5) is 0 Å². The predicted molar refractivity (Wildman–Crippen MR) is 63.9 cm³/mol. The largest absolute Gasteiger partial charge is 0.352 e. The topological polar surface area (TPSA) is 46.9 Å². The van der Waals surface area contributed by atoms with Gasteiger partial charge in [-0.2, -0.15) is 0 Å². The van der Waals surface area contributed by atoms with Crippen LogP contribution >= 0.6 is 0 Å². The van der Waals surface area contributed by atoms with E-state index in [2.05, 4.69) is 31.1 Å². The first kappa shape index (κ1) is 12.7. The molecule has 1 amide bonds. The van der Waals surface area contributed by atoms with Crippen LogP contribution < -0.4 is 5.32 Å². The van der Waals surface area contributed by atoms with E-state index in [-0.39, 0.29) is 17.4 Å². The number of nitrogens with one attached hydrogen (secondary N) is 1. The smallest absolute Gasteiger partial charge is 0.220 e. The lowest BCUT2D eigenvalue weighted by atomic mass is 9.92. The molecule has 0 aliphatic heterocycles. The van der Waals surface area contributed by atoms with Gasteiger partial charge in [-0.3, -0.25) is 4.79 Å². The number of imidazole rings is 1. The lowest BCUT2D eigenvalue weighted by molar-refractivity contribution is -0.123. The summed E-state index contributed by atoms with van der Waals surface area (Å²) in [5, 5.41) is 2.99. The number of hydrogen-bond acceptors (Lipinski definition) is 2. The number of carbonyl (C=O) groups is 1. The fourth-order valence-electron chi connectivity index (χ4n) is 1.56. The highest BCUT2D eigenvalue weighted by molar-refractivity contribution is 5.76. The summed E-state index contributed by atoms with van der Waals surface area (Å²) in [4.78, 5) is 15.6. The molecule has 0 saturated heterocycles. The summed E-state index contributed by atoms with van der Waals surface area (Å²) in [6.45, 7) is 8.95. The Bertz CT molecular complexity index is 325. The van der Waals surface area contributed by atoms with Gasteiger partial charge in [-0.15, -0.1) is 0 Å². The van der Waals surface area contributed by atoms with Gasteiger partial charge in [0.1, 0.15) is 0 Å². The van der Waals surface area contributed by atoms with Crippen LogP contribution in [-0.2, 0) is 11.3 Å². The maximum absolute atomic E-state index is 11.7. The average Bonchev–Trinajstić information content (AvgIpc) is 2.51. The van der Waals surface area contributed by atoms with Crippen LogP contribution in [0.3, 0.4) is 0 Å². The van der Waals surface area contributed by atoms with E-state index in [1.807, 2.05) is 17.7 Å². The summed E-state index contributed by atoms with van der Waals surface area (Å²) < 4.78 is 1.96. The van der Waals surface area contributed by atoms with Gasteiger partial charge in [0.2, 0.25) is 5.91 Å². The van der Waals surface area contributed by atoms with Crippen LogP contribution in [0.25, 0.3) is 0 Å². The Morgan fingerprint density at radius 2 is 2.19 bits per heavy atom. The molecule has 0 fully saturated rings. The lowest BCUT2D eigenvalue weighted by Crippen LogP contribution is -2.37. The van der Waals surface area contributed by atoms with Gasteiger partial charge in [-0.25, -0.2) is 4.98 Å². The lowest BCUT2D eigenvalue weighted by Gasteiger charge is -2.20. The summed E-state index contributed by atoms with van der Waals surface area (Å²) >= 11 is 0. The predicted octanol–water partition coefficient (Wildman–Crippen LogP) is 1.82. The van der Waals surface area contributed by atoms with Crippen LogP contribution in [-0.4, -0.2) is 21.5 Å². The normalized spacial score (nSPS) is 13.5. The monoisotopic (exact) mass is 223 g/mol. The van der Waals surface area contributed by atoms with Crippen molar-refractivity contribution in [2.75, 3.05) is 0 Å².